The summed E-state index contributed by atoms with van der Waals surface area (Å²) in [6, 6.07) is 12.5. The molecule has 0 unspecified atom stereocenters. The molecule has 1 aromatic heterocycles. The van der Waals surface area contributed by atoms with Crippen LogP contribution in [0.15, 0.2) is 47.4 Å². The van der Waals surface area contributed by atoms with Crippen molar-refractivity contribution in [2.24, 2.45) is 7.05 Å². The third kappa shape index (κ3) is 4.05. The zero-order valence-electron chi connectivity index (χ0n) is 18.8. The molecule has 7 nitrogen and oxygen atoms in total. The number of aromatic nitrogens is 1. The molecule has 9 heteroatoms. The second-order valence-corrected chi connectivity index (χ2v) is 11.3. The predicted octanol–water partition coefficient (Wildman–Crippen LogP) is 2.97. The van der Waals surface area contributed by atoms with E-state index in [1.807, 2.05) is 29.8 Å². The van der Waals surface area contributed by atoms with Gasteiger partial charge in [0, 0.05) is 63.5 Å². The molecule has 0 bridgehead atoms. The predicted molar refractivity (Wildman–Crippen MR) is 129 cm³/mol. The van der Waals surface area contributed by atoms with Gasteiger partial charge in [-0.3, -0.25) is 4.79 Å². The van der Waals surface area contributed by atoms with Crippen molar-refractivity contribution in [3.63, 3.8) is 0 Å². The lowest BCUT2D eigenvalue weighted by Gasteiger charge is -2.34. The second-order valence-electron chi connectivity index (χ2n) is 8.90. The molecule has 0 atom stereocenters. The zero-order valence-corrected chi connectivity index (χ0v) is 20.4. The fourth-order valence-corrected chi connectivity index (χ4v) is 6.48. The highest BCUT2D eigenvalue weighted by atomic mass is 35.5. The first-order valence-corrected chi connectivity index (χ1v) is 12.9. The number of benzene rings is 2. The third-order valence-electron chi connectivity index (χ3n) is 6.77. The maximum absolute atomic E-state index is 13.2. The highest BCUT2D eigenvalue weighted by molar-refractivity contribution is 7.89. The molecule has 2 aliphatic heterocycles. The number of amides is 1. The quantitative estimate of drug-likeness (QED) is 0.571. The summed E-state index contributed by atoms with van der Waals surface area (Å²) in [5.74, 6) is -0.0332. The Kier molecular flexibility index (Phi) is 5.73. The van der Waals surface area contributed by atoms with Gasteiger partial charge in [-0.25, -0.2) is 8.42 Å². The SMILES string of the molecule is CN1CCc2c(cc(C(=O)N3CCN(S(=O)(=O)c4ccc5cc(Cl)ccc5c4)CC3)n2C)C1. The van der Waals surface area contributed by atoms with E-state index in [4.69, 9.17) is 11.6 Å². The number of rotatable bonds is 3. The lowest BCUT2D eigenvalue weighted by atomic mass is 10.1. The van der Waals surface area contributed by atoms with Crippen LogP contribution in [0.3, 0.4) is 0 Å². The smallest absolute Gasteiger partial charge is 0.270 e. The van der Waals surface area contributed by atoms with Gasteiger partial charge in [0.25, 0.3) is 5.91 Å². The molecule has 5 rings (SSSR count). The summed E-state index contributed by atoms with van der Waals surface area (Å²) in [4.78, 5) is 17.5. The molecule has 0 spiro atoms. The van der Waals surface area contributed by atoms with Crippen molar-refractivity contribution in [1.29, 1.82) is 0 Å². The van der Waals surface area contributed by atoms with E-state index in [2.05, 4.69) is 11.9 Å². The number of likely N-dealkylation sites (N-methyl/N-ethyl adjacent to an activating group) is 1. The first kappa shape index (κ1) is 22.4. The maximum atomic E-state index is 13.2. The van der Waals surface area contributed by atoms with Crippen LogP contribution in [0, 0.1) is 0 Å². The Balaban J connectivity index is 1.31. The van der Waals surface area contributed by atoms with Gasteiger partial charge in [0.05, 0.1) is 4.90 Å². The van der Waals surface area contributed by atoms with Gasteiger partial charge in [-0.2, -0.15) is 4.31 Å². The molecular formula is C24H27ClN4O3S. The molecule has 0 aliphatic carbocycles. The van der Waals surface area contributed by atoms with Crippen molar-refractivity contribution in [2.45, 2.75) is 17.9 Å². The fourth-order valence-electron chi connectivity index (χ4n) is 4.84. The van der Waals surface area contributed by atoms with Crippen LogP contribution in [0.5, 0.6) is 0 Å². The average Bonchev–Trinajstić information content (AvgIpc) is 3.13. The van der Waals surface area contributed by atoms with Gasteiger partial charge in [-0.1, -0.05) is 23.7 Å². The minimum atomic E-state index is -3.64. The number of hydrogen-bond acceptors (Lipinski definition) is 4. The number of carbonyl (C=O) groups excluding carboxylic acids is 1. The summed E-state index contributed by atoms with van der Waals surface area (Å²) in [5, 5.41) is 2.34. The normalized spacial score (nSPS) is 18.0. The summed E-state index contributed by atoms with van der Waals surface area (Å²) in [7, 11) is 0.392. The summed E-state index contributed by atoms with van der Waals surface area (Å²) in [6.07, 6.45) is 0.930. The molecule has 0 radical (unpaired) electrons. The van der Waals surface area contributed by atoms with E-state index in [0.29, 0.717) is 23.8 Å². The van der Waals surface area contributed by atoms with Gasteiger partial charge in [-0.15, -0.1) is 0 Å². The Morgan fingerprint density at radius 3 is 2.36 bits per heavy atom. The molecule has 1 saturated heterocycles. The maximum Gasteiger partial charge on any atom is 0.270 e. The van der Waals surface area contributed by atoms with Crippen LogP contribution in [0.2, 0.25) is 5.02 Å². The standard InChI is InChI=1S/C24H27ClN4O3S/c1-26-8-7-22-19(16-26)15-23(27(22)2)24(30)28-9-11-29(12-10-28)33(31,32)21-6-4-17-13-20(25)5-3-18(17)14-21/h3-6,13-15H,7-12,16H2,1-2H3. The van der Waals surface area contributed by atoms with E-state index >= 15 is 0 Å². The third-order valence-corrected chi connectivity index (χ3v) is 8.90. The number of hydrogen-bond donors (Lipinski definition) is 0. The van der Waals surface area contributed by atoms with Gasteiger partial charge < -0.3 is 14.4 Å². The van der Waals surface area contributed by atoms with E-state index in [-0.39, 0.29) is 23.9 Å². The van der Waals surface area contributed by atoms with Crippen molar-refractivity contribution in [3.05, 3.63) is 64.4 Å². The number of piperazine rings is 1. The molecule has 2 aromatic carbocycles. The zero-order chi connectivity index (χ0) is 23.3. The van der Waals surface area contributed by atoms with Crippen molar-refractivity contribution in [2.75, 3.05) is 39.8 Å². The Bertz CT molecular complexity index is 1340. The average molecular weight is 487 g/mol. The van der Waals surface area contributed by atoms with Gasteiger partial charge in [0.1, 0.15) is 5.69 Å². The highest BCUT2D eigenvalue weighted by Gasteiger charge is 2.32. The first-order valence-electron chi connectivity index (χ1n) is 11.1. The number of halogens is 1. The van der Waals surface area contributed by atoms with Crippen LogP contribution in [-0.2, 0) is 30.0 Å². The molecular weight excluding hydrogens is 460 g/mol. The minimum Gasteiger partial charge on any atom is -0.343 e. The second kappa shape index (κ2) is 8.43. The summed E-state index contributed by atoms with van der Waals surface area (Å²) in [5.41, 5.74) is 3.10. The molecule has 174 valence electrons. The van der Waals surface area contributed by atoms with Gasteiger partial charge in [0.2, 0.25) is 10.0 Å². The Morgan fingerprint density at radius 2 is 1.61 bits per heavy atom. The van der Waals surface area contributed by atoms with Crippen LogP contribution >= 0.6 is 11.6 Å². The van der Waals surface area contributed by atoms with Crippen molar-refractivity contribution >= 4 is 38.3 Å². The molecule has 1 amide bonds. The van der Waals surface area contributed by atoms with Crippen molar-refractivity contribution in [1.82, 2.24) is 18.7 Å². The molecule has 0 N–H and O–H groups in total. The first-order chi connectivity index (χ1) is 15.7. The van der Waals surface area contributed by atoms with Crippen LogP contribution in [0.25, 0.3) is 10.8 Å². The van der Waals surface area contributed by atoms with Crippen LogP contribution in [-0.4, -0.2) is 72.8 Å². The number of nitrogens with zero attached hydrogens (tertiary/aromatic N) is 4. The van der Waals surface area contributed by atoms with Crippen molar-refractivity contribution < 1.29 is 13.2 Å². The van der Waals surface area contributed by atoms with E-state index in [9.17, 15) is 13.2 Å². The van der Waals surface area contributed by atoms with E-state index in [0.717, 1.165) is 30.3 Å². The summed E-state index contributed by atoms with van der Waals surface area (Å²) < 4.78 is 30.0. The Morgan fingerprint density at radius 1 is 0.909 bits per heavy atom. The molecule has 33 heavy (non-hydrogen) atoms. The minimum absolute atomic E-state index is 0.0332. The molecule has 2 aliphatic rings. The van der Waals surface area contributed by atoms with Crippen molar-refractivity contribution in [3.8, 4) is 0 Å². The number of sulfonamides is 1. The number of fused-ring (bicyclic) bond motifs is 2. The molecule has 1 fully saturated rings. The lowest BCUT2D eigenvalue weighted by Crippen LogP contribution is -2.50. The van der Waals surface area contributed by atoms with Gasteiger partial charge in [0.15, 0.2) is 0 Å². The van der Waals surface area contributed by atoms with Gasteiger partial charge in [-0.05, 0) is 53.7 Å². The Labute approximate surface area is 199 Å². The van der Waals surface area contributed by atoms with Gasteiger partial charge >= 0.3 is 0 Å². The monoisotopic (exact) mass is 486 g/mol. The fraction of sp³-hybridized carbons (Fsp3) is 0.375. The van der Waals surface area contributed by atoms with E-state index in [1.54, 1.807) is 29.2 Å². The largest absolute Gasteiger partial charge is 0.343 e. The van der Waals surface area contributed by atoms with Crippen LogP contribution < -0.4 is 0 Å². The van der Waals surface area contributed by atoms with Crippen LogP contribution in [0.1, 0.15) is 21.7 Å². The molecule has 0 saturated carbocycles. The van der Waals surface area contributed by atoms with Crippen LogP contribution in [0.4, 0.5) is 0 Å². The van der Waals surface area contributed by atoms with E-state index in [1.165, 1.54) is 15.6 Å². The highest BCUT2D eigenvalue weighted by Crippen LogP contribution is 2.26. The Hall–Kier alpha value is -2.39. The summed E-state index contributed by atoms with van der Waals surface area (Å²) >= 11 is 6.04. The number of carbonyl (C=O) groups is 1. The van der Waals surface area contributed by atoms with E-state index < -0.39 is 10.0 Å². The lowest BCUT2D eigenvalue weighted by molar-refractivity contribution is 0.0688. The summed E-state index contributed by atoms with van der Waals surface area (Å²) in [6.45, 7) is 3.13. The topological polar surface area (TPSA) is 65.9 Å². The molecule has 3 heterocycles. The molecule has 3 aromatic rings.